The lowest BCUT2D eigenvalue weighted by Gasteiger charge is -2.19. The van der Waals surface area contributed by atoms with E-state index >= 15 is 0 Å². The van der Waals surface area contributed by atoms with Gasteiger partial charge in [0.1, 0.15) is 0 Å². The fraction of sp³-hybridized carbons (Fsp3) is 0.211. The molecule has 3 aromatic rings. The van der Waals surface area contributed by atoms with Gasteiger partial charge in [-0.15, -0.1) is 0 Å². The Labute approximate surface area is 148 Å². The third-order valence-corrected chi connectivity index (χ3v) is 4.14. The zero-order valence-corrected chi connectivity index (χ0v) is 14.0. The molecule has 0 aliphatic heterocycles. The average Bonchev–Trinajstić information content (AvgIpc) is 3.07. The second-order valence-electron chi connectivity index (χ2n) is 5.96. The quantitative estimate of drug-likeness (QED) is 0.568. The number of nitrogens with one attached hydrogen (secondary N) is 3. The highest BCUT2D eigenvalue weighted by Crippen LogP contribution is 2.31. The first-order valence-corrected chi connectivity index (χ1v) is 8.18. The van der Waals surface area contributed by atoms with Gasteiger partial charge in [-0.05, 0) is 47.7 Å². The molecule has 3 rings (SSSR count). The van der Waals surface area contributed by atoms with Gasteiger partial charge in [-0.2, -0.15) is 13.2 Å². The van der Waals surface area contributed by atoms with Crippen molar-refractivity contribution in [2.75, 3.05) is 5.32 Å². The van der Waals surface area contributed by atoms with Crippen LogP contribution in [0.3, 0.4) is 0 Å². The minimum Gasteiger partial charge on any atom is -0.361 e. The van der Waals surface area contributed by atoms with Crippen LogP contribution in [0.5, 0.6) is 0 Å². The first kappa shape index (κ1) is 17.8. The number of anilines is 1. The molecule has 0 spiro atoms. The Morgan fingerprint density at radius 1 is 1.15 bits per heavy atom. The maximum absolute atomic E-state index is 12.9. The van der Waals surface area contributed by atoms with Gasteiger partial charge in [0.2, 0.25) is 0 Å². The van der Waals surface area contributed by atoms with Crippen molar-refractivity contribution in [2.45, 2.75) is 25.6 Å². The lowest BCUT2D eigenvalue weighted by molar-refractivity contribution is -0.137. The van der Waals surface area contributed by atoms with Gasteiger partial charge in [0.15, 0.2) is 0 Å². The number of fused-ring (bicyclic) bond motifs is 1. The number of aromatic amines is 1. The van der Waals surface area contributed by atoms with Crippen LogP contribution in [-0.4, -0.2) is 11.0 Å². The fourth-order valence-corrected chi connectivity index (χ4v) is 2.80. The Morgan fingerprint density at radius 3 is 2.69 bits per heavy atom. The molecule has 7 heteroatoms. The first-order chi connectivity index (χ1) is 12.4. The number of H-pyrrole nitrogens is 1. The molecule has 0 aliphatic rings. The van der Waals surface area contributed by atoms with Crippen molar-refractivity contribution >= 4 is 22.6 Å². The average molecular weight is 361 g/mol. The molecule has 0 aliphatic carbocycles. The zero-order chi connectivity index (χ0) is 18.7. The van der Waals surface area contributed by atoms with Crippen molar-refractivity contribution in [3.63, 3.8) is 0 Å². The van der Waals surface area contributed by atoms with Crippen LogP contribution in [0.25, 0.3) is 10.9 Å². The number of carbonyl (C=O) groups is 1. The van der Waals surface area contributed by atoms with Crippen molar-refractivity contribution in [2.24, 2.45) is 0 Å². The maximum atomic E-state index is 12.9. The number of benzene rings is 2. The second kappa shape index (κ2) is 7.11. The van der Waals surface area contributed by atoms with E-state index in [1.165, 1.54) is 6.07 Å². The SMILES string of the molecule is CCC(NC(=O)Nc1ccc2cc[nH]c2c1)c1cccc(C(F)(F)F)c1. The molecule has 3 N–H and O–H groups in total. The highest BCUT2D eigenvalue weighted by Gasteiger charge is 2.31. The van der Waals surface area contributed by atoms with Gasteiger partial charge in [-0.25, -0.2) is 4.79 Å². The molecule has 0 fully saturated rings. The van der Waals surface area contributed by atoms with Crippen molar-refractivity contribution < 1.29 is 18.0 Å². The molecular formula is C19H18F3N3O. The number of aromatic nitrogens is 1. The number of carbonyl (C=O) groups excluding carboxylic acids is 1. The Morgan fingerprint density at radius 2 is 1.96 bits per heavy atom. The Hall–Kier alpha value is -2.96. The van der Waals surface area contributed by atoms with Crippen molar-refractivity contribution in [3.8, 4) is 0 Å². The molecule has 0 bridgehead atoms. The Kier molecular flexibility index (Phi) is 4.88. The number of rotatable bonds is 4. The van der Waals surface area contributed by atoms with E-state index in [1.54, 1.807) is 31.3 Å². The van der Waals surface area contributed by atoms with E-state index in [0.717, 1.165) is 23.0 Å². The van der Waals surface area contributed by atoms with Gasteiger partial charge >= 0.3 is 12.2 Å². The summed E-state index contributed by atoms with van der Waals surface area (Å²) in [5.74, 6) is 0. The minimum atomic E-state index is -4.41. The third-order valence-electron chi connectivity index (χ3n) is 4.14. The number of alkyl halides is 3. The smallest absolute Gasteiger partial charge is 0.361 e. The van der Waals surface area contributed by atoms with Crippen molar-refractivity contribution in [1.29, 1.82) is 0 Å². The lowest BCUT2D eigenvalue weighted by atomic mass is 10.0. The van der Waals surface area contributed by atoms with Crippen LogP contribution in [0.4, 0.5) is 23.7 Å². The summed E-state index contributed by atoms with van der Waals surface area (Å²) in [4.78, 5) is 15.3. The Bertz CT molecular complexity index is 918. The highest BCUT2D eigenvalue weighted by molar-refractivity contribution is 5.92. The lowest BCUT2D eigenvalue weighted by Crippen LogP contribution is -2.32. The van der Waals surface area contributed by atoms with E-state index in [4.69, 9.17) is 0 Å². The molecule has 0 radical (unpaired) electrons. The number of amides is 2. The minimum absolute atomic E-state index is 0.414. The first-order valence-electron chi connectivity index (χ1n) is 8.18. The number of urea groups is 1. The molecule has 2 amide bonds. The highest BCUT2D eigenvalue weighted by atomic mass is 19.4. The number of hydrogen-bond donors (Lipinski definition) is 3. The summed E-state index contributed by atoms with van der Waals surface area (Å²) < 4.78 is 38.7. The summed E-state index contributed by atoms with van der Waals surface area (Å²) in [6, 6.07) is 11.4. The van der Waals surface area contributed by atoms with Crippen LogP contribution in [0, 0.1) is 0 Å². The second-order valence-corrected chi connectivity index (χ2v) is 5.96. The van der Waals surface area contributed by atoms with Gasteiger partial charge in [-0.1, -0.05) is 25.1 Å². The van der Waals surface area contributed by atoms with E-state index in [-0.39, 0.29) is 0 Å². The summed E-state index contributed by atoms with van der Waals surface area (Å²) in [5.41, 5.74) is 1.16. The van der Waals surface area contributed by atoms with E-state index in [2.05, 4.69) is 15.6 Å². The largest absolute Gasteiger partial charge is 0.416 e. The van der Waals surface area contributed by atoms with Crippen molar-refractivity contribution in [1.82, 2.24) is 10.3 Å². The molecule has 1 atom stereocenters. The molecule has 4 nitrogen and oxygen atoms in total. The van der Waals surface area contributed by atoms with Crippen LogP contribution in [0.2, 0.25) is 0 Å². The predicted octanol–water partition coefficient (Wildman–Crippen LogP) is 5.46. The molecule has 1 aromatic heterocycles. The van der Waals surface area contributed by atoms with E-state index in [1.807, 2.05) is 12.1 Å². The van der Waals surface area contributed by atoms with Gasteiger partial charge in [0.05, 0.1) is 11.6 Å². The van der Waals surface area contributed by atoms with Gasteiger partial charge < -0.3 is 15.6 Å². The third kappa shape index (κ3) is 3.99. The topological polar surface area (TPSA) is 56.9 Å². The van der Waals surface area contributed by atoms with E-state index < -0.39 is 23.8 Å². The Balaban J connectivity index is 1.72. The van der Waals surface area contributed by atoms with E-state index in [0.29, 0.717) is 17.7 Å². The predicted molar refractivity (Wildman–Crippen MR) is 94.9 cm³/mol. The molecular weight excluding hydrogens is 343 g/mol. The molecule has 1 heterocycles. The van der Waals surface area contributed by atoms with Crippen LogP contribution < -0.4 is 10.6 Å². The van der Waals surface area contributed by atoms with Gasteiger partial charge in [0.25, 0.3) is 0 Å². The molecule has 136 valence electrons. The van der Waals surface area contributed by atoms with Crippen LogP contribution >= 0.6 is 0 Å². The maximum Gasteiger partial charge on any atom is 0.416 e. The number of hydrogen-bond acceptors (Lipinski definition) is 1. The zero-order valence-electron chi connectivity index (χ0n) is 14.0. The summed E-state index contributed by atoms with van der Waals surface area (Å²) in [6.07, 6.45) is -2.15. The van der Waals surface area contributed by atoms with Crippen molar-refractivity contribution in [3.05, 3.63) is 65.9 Å². The monoisotopic (exact) mass is 361 g/mol. The van der Waals surface area contributed by atoms with Crippen LogP contribution in [-0.2, 0) is 6.18 Å². The van der Waals surface area contributed by atoms with E-state index in [9.17, 15) is 18.0 Å². The normalized spacial score (nSPS) is 12.8. The van der Waals surface area contributed by atoms with Gasteiger partial charge in [0, 0.05) is 17.4 Å². The molecule has 1 unspecified atom stereocenters. The van der Waals surface area contributed by atoms with Crippen LogP contribution in [0.15, 0.2) is 54.7 Å². The summed E-state index contributed by atoms with van der Waals surface area (Å²) in [5, 5.41) is 6.46. The van der Waals surface area contributed by atoms with Crippen LogP contribution in [0.1, 0.15) is 30.5 Å². The molecule has 26 heavy (non-hydrogen) atoms. The summed E-state index contributed by atoms with van der Waals surface area (Å²) in [6.45, 7) is 1.80. The summed E-state index contributed by atoms with van der Waals surface area (Å²) >= 11 is 0. The molecule has 0 saturated heterocycles. The summed E-state index contributed by atoms with van der Waals surface area (Å²) in [7, 11) is 0. The fourth-order valence-electron chi connectivity index (χ4n) is 2.80. The molecule has 2 aromatic carbocycles. The standard InChI is InChI=1S/C19H18F3N3O/c1-2-16(13-4-3-5-14(10-13)19(20,21)22)25-18(26)24-15-7-6-12-8-9-23-17(12)11-15/h3-11,16,23H,2H2,1H3,(H2,24,25,26). The molecule has 0 saturated carbocycles. The number of halogens is 3. The van der Waals surface area contributed by atoms with Gasteiger partial charge in [-0.3, -0.25) is 0 Å².